The molecular formula is C13H6ClF8N3O2. The number of nitrogens with one attached hydrogen (secondary N) is 1. The molecule has 1 aromatic carbocycles. The third-order valence-electron chi connectivity index (χ3n) is 3.01. The van der Waals surface area contributed by atoms with Gasteiger partial charge in [0.15, 0.2) is 5.69 Å². The maximum absolute atomic E-state index is 13.6. The fraction of sp³-hybridized carbons (Fsp3) is 0.231. The summed E-state index contributed by atoms with van der Waals surface area (Å²) in [6, 6.07) is 1.59. The highest BCUT2D eigenvalue weighted by molar-refractivity contribution is 6.31. The molecule has 0 spiro atoms. The molecule has 5 nitrogen and oxygen atoms in total. The van der Waals surface area contributed by atoms with Crippen LogP contribution in [0.15, 0.2) is 23.0 Å². The lowest BCUT2D eigenvalue weighted by Crippen LogP contribution is -2.36. The van der Waals surface area contributed by atoms with E-state index in [9.17, 15) is 39.9 Å². The molecule has 0 aliphatic carbocycles. The largest absolute Gasteiger partial charge is 0.459 e. The molecule has 0 fully saturated rings. The van der Waals surface area contributed by atoms with E-state index in [1.165, 1.54) is 0 Å². The van der Waals surface area contributed by atoms with Gasteiger partial charge in [0.2, 0.25) is 11.7 Å². The quantitative estimate of drug-likeness (QED) is 0.714. The zero-order chi connectivity index (χ0) is 20.8. The van der Waals surface area contributed by atoms with Crippen LogP contribution in [-0.2, 0) is 12.1 Å². The van der Waals surface area contributed by atoms with Crippen molar-refractivity contribution in [3.8, 4) is 11.5 Å². The topological polar surface area (TPSA) is 81.0 Å². The Morgan fingerprint density at radius 1 is 1.07 bits per heavy atom. The predicted octanol–water partition coefficient (Wildman–Crippen LogP) is 4.47. The first-order valence-electron chi connectivity index (χ1n) is 6.54. The molecule has 0 atom stereocenters. The standard InChI is InChI=1S/C13H6ClF8N3O2/c14-6-2-1-4(3-5(6)12(17,18)19)27-7-8(11(15,16)13(20,21)22)24-10(23)25-9(7)26/h1-3H,(H3,23,24,25,26). The molecule has 148 valence electrons. The van der Waals surface area contributed by atoms with Crippen LogP contribution in [0.1, 0.15) is 11.3 Å². The van der Waals surface area contributed by atoms with Crippen LogP contribution in [0.5, 0.6) is 11.5 Å². The van der Waals surface area contributed by atoms with Gasteiger partial charge in [0, 0.05) is 0 Å². The Hall–Kier alpha value is -2.57. The van der Waals surface area contributed by atoms with Gasteiger partial charge in [-0.05, 0) is 18.2 Å². The van der Waals surface area contributed by atoms with Crippen molar-refractivity contribution in [2.24, 2.45) is 0 Å². The second-order valence-electron chi connectivity index (χ2n) is 4.94. The molecule has 0 unspecified atom stereocenters. The van der Waals surface area contributed by atoms with Crippen LogP contribution in [0.3, 0.4) is 0 Å². The van der Waals surface area contributed by atoms with E-state index in [2.05, 4.69) is 9.72 Å². The second-order valence-corrected chi connectivity index (χ2v) is 5.35. The number of H-pyrrole nitrogens is 1. The van der Waals surface area contributed by atoms with Crippen LogP contribution in [0.2, 0.25) is 5.02 Å². The Morgan fingerprint density at radius 2 is 1.67 bits per heavy atom. The first kappa shape index (κ1) is 20.7. The van der Waals surface area contributed by atoms with Crippen LogP contribution in [-0.4, -0.2) is 16.1 Å². The van der Waals surface area contributed by atoms with Gasteiger partial charge >= 0.3 is 18.3 Å². The van der Waals surface area contributed by atoms with Crippen molar-refractivity contribution in [1.82, 2.24) is 9.97 Å². The Labute approximate surface area is 148 Å². The number of rotatable bonds is 3. The summed E-state index contributed by atoms with van der Waals surface area (Å²) >= 11 is 5.36. The molecule has 14 heteroatoms. The minimum atomic E-state index is -6.19. The molecule has 0 aliphatic heterocycles. The van der Waals surface area contributed by atoms with E-state index in [0.717, 1.165) is 6.07 Å². The zero-order valence-electron chi connectivity index (χ0n) is 12.5. The maximum Gasteiger partial charge on any atom is 0.459 e. The van der Waals surface area contributed by atoms with Crippen LogP contribution < -0.4 is 16.0 Å². The van der Waals surface area contributed by atoms with E-state index < -0.39 is 57.6 Å². The van der Waals surface area contributed by atoms with Crippen LogP contribution >= 0.6 is 11.6 Å². The van der Waals surface area contributed by atoms with E-state index in [0.29, 0.717) is 6.07 Å². The average Bonchev–Trinajstić information content (AvgIpc) is 2.49. The lowest BCUT2D eigenvalue weighted by atomic mass is 10.2. The number of nitrogen functional groups attached to an aromatic ring is 1. The monoisotopic (exact) mass is 423 g/mol. The summed E-state index contributed by atoms with van der Waals surface area (Å²) in [7, 11) is 0. The summed E-state index contributed by atoms with van der Waals surface area (Å²) in [6.45, 7) is 0. The van der Waals surface area contributed by atoms with Crippen LogP contribution in [0, 0.1) is 0 Å². The summed E-state index contributed by atoms with van der Waals surface area (Å²) in [4.78, 5) is 16.1. The van der Waals surface area contributed by atoms with Crippen LogP contribution in [0.4, 0.5) is 41.1 Å². The Morgan fingerprint density at radius 3 is 2.19 bits per heavy atom. The molecule has 2 rings (SSSR count). The number of nitrogens with two attached hydrogens (primary N) is 1. The minimum Gasteiger partial charge on any atom is -0.449 e. The molecule has 0 bridgehead atoms. The zero-order valence-corrected chi connectivity index (χ0v) is 13.2. The van der Waals surface area contributed by atoms with Crippen LogP contribution in [0.25, 0.3) is 0 Å². The predicted molar refractivity (Wildman–Crippen MR) is 75.7 cm³/mol. The lowest BCUT2D eigenvalue weighted by molar-refractivity contribution is -0.291. The van der Waals surface area contributed by atoms with Crippen molar-refractivity contribution >= 4 is 17.5 Å². The number of halogens is 9. The third kappa shape index (κ3) is 4.07. The van der Waals surface area contributed by atoms with Gasteiger partial charge in [-0.1, -0.05) is 11.6 Å². The number of alkyl halides is 8. The first-order chi connectivity index (χ1) is 12.1. The summed E-state index contributed by atoms with van der Waals surface area (Å²) in [6.07, 6.45) is -11.2. The fourth-order valence-electron chi connectivity index (χ4n) is 1.82. The van der Waals surface area contributed by atoms with Gasteiger partial charge < -0.3 is 10.5 Å². The molecule has 0 amide bonds. The first-order valence-corrected chi connectivity index (χ1v) is 6.92. The Bertz CT molecular complexity index is 923. The highest BCUT2D eigenvalue weighted by Crippen LogP contribution is 2.46. The fourth-order valence-corrected chi connectivity index (χ4v) is 2.05. The Kier molecular flexibility index (Phi) is 5.03. The van der Waals surface area contributed by atoms with Gasteiger partial charge in [-0.25, -0.2) is 4.98 Å². The van der Waals surface area contributed by atoms with Gasteiger partial charge in [0.1, 0.15) is 5.75 Å². The number of ether oxygens (including phenoxy) is 1. The Balaban J connectivity index is 2.63. The molecule has 1 heterocycles. The van der Waals surface area contributed by atoms with E-state index in [-0.39, 0.29) is 6.07 Å². The number of aromatic nitrogens is 2. The molecular weight excluding hydrogens is 418 g/mol. The van der Waals surface area contributed by atoms with Crippen molar-refractivity contribution in [2.75, 3.05) is 5.73 Å². The SMILES string of the molecule is Nc1nc(C(F)(F)C(F)(F)F)c(Oc2ccc(Cl)c(C(F)(F)F)c2)c(=O)[nH]1. The van der Waals surface area contributed by atoms with Crippen molar-refractivity contribution in [3.05, 3.63) is 44.8 Å². The van der Waals surface area contributed by atoms with Gasteiger partial charge in [-0.15, -0.1) is 0 Å². The second kappa shape index (κ2) is 6.55. The number of nitrogens with zero attached hydrogens (tertiary/aromatic N) is 1. The van der Waals surface area contributed by atoms with E-state index in [1.807, 2.05) is 0 Å². The molecule has 0 saturated carbocycles. The van der Waals surface area contributed by atoms with E-state index in [1.54, 1.807) is 4.98 Å². The molecule has 0 aliphatic rings. The molecule has 27 heavy (non-hydrogen) atoms. The molecule has 2 aromatic rings. The summed E-state index contributed by atoms with van der Waals surface area (Å²) in [5.41, 5.74) is -0.364. The normalized spacial score (nSPS) is 12.9. The van der Waals surface area contributed by atoms with Crippen molar-refractivity contribution < 1.29 is 39.9 Å². The average molecular weight is 424 g/mol. The van der Waals surface area contributed by atoms with E-state index >= 15 is 0 Å². The summed E-state index contributed by atoms with van der Waals surface area (Å²) in [5, 5.41) is -0.792. The molecule has 0 radical (unpaired) electrons. The number of anilines is 1. The minimum absolute atomic E-state index is 0.216. The summed E-state index contributed by atoms with van der Waals surface area (Å²) < 4.78 is 108. The van der Waals surface area contributed by atoms with E-state index in [4.69, 9.17) is 17.3 Å². The summed E-state index contributed by atoms with van der Waals surface area (Å²) in [5.74, 6) is -9.33. The number of hydrogen-bond acceptors (Lipinski definition) is 4. The molecule has 3 N–H and O–H groups in total. The maximum atomic E-state index is 13.6. The highest BCUT2D eigenvalue weighted by atomic mass is 35.5. The number of hydrogen-bond donors (Lipinski definition) is 2. The van der Waals surface area contributed by atoms with Crippen molar-refractivity contribution in [1.29, 1.82) is 0 Å². The van der Waals surface area contributed by atoms with Crippen molar-refractivity contribution in [3.63, 3.8) is 0 Å². The third-order valence-corrected chi connectivity index (χ3v) is 3.34. The van der Waals surface area contributed by atoms with Gasteiger partial charge in [-0.2, -0.15) is 35.1 Å². The van der Waals surface area contributed by atoms with Gasteiger partial charge in [0.25, 0.3) is 5.56 Å². The highest BCUT2D eigenvalue weighted by Gasteiger charge is 2.62. The molecule has 0 saturated heterocycles. The number of aromatic amines is 1. The van der Waals surface area contributed by atoms with Crippen molar-refractivity contribution in [2.45, 2.75) is 18.3 Å². The number of benzene rings is 1. The molecule has 1 aromatic heterocycles. The lowest BCUT2D eigenvalue weighted by Gasteiger charge is -2.21. The van der Waals surface area contributed by atoms with Gasteiger partial charge in [0.05, 0.1) is 10.6 Å². The smallest absolute Gasteiger partial charge is 0.449 e. The van der Waals surface area contributed by atoms with Gasteiger partial charge in [-0.3, -0.25) is 9.78 Å².